The fourth-order valence-electron chi connectivity index (χ4n) is 2.55. The van der Waals surface area contributed by atoms with Crippen molar-refractivity contribution < 1.29 is 19.6 Å². The molecule has 30 heavy (non-hydrogen) atoms. The van der Waals surface area contributed by atoms with Crippen LogP contribution in [0.5, 0.6) is 11.5 Å². The number of non-ortho nitro benzene ring substituents is 1. The van der Waals surface area contributed by atoms with Crippen LogP contribution in [0.1, 0.15) is 15.9 Å². The molecule has 0 fully saturated rings. The van der Waals surface area contributed by atoms with E-state index in [-0.39, 0.29) is 28.7 Å². The Balaban J connectivity index is 1.75. The Morgan fingerprint density at radius 2 is 1.83 bits per heavy atom. The zero-order valence-corrected chi connectivity index (χ0v) is 17.3. The van der Waals surface area contributed by atoms with Crippen LogP contribution < -0.4 is 10.1 Å². The fourth-order valence-corrected chi connectivity index (χ4v) is 2.82. The van der Waals surface area contributed by atoms with Gasteiger partial charge >= 0.3 is 0 Å². The van der Waals surface area contributed by atoms with E-state index in [0.29, 0.717) is 16.9 Å². The highest BCUT2D eigenvalue weighted by molar-refractivity contribution is 9.10. The molecule has 0 aliphatic carbocycles. The zero-order valence-electron chi connectivity index (χ0n) is 15.7. The molecule has 3 aromatic rings. The summed E-state index contributed by atoms with van der Waals surface area (Å²) in [6.45, 7) is 0. The molecule has 0 atom stereocenters. The molecule has 0 saturated carbocycles. The number of phenolic OH excluding ortho intramolecular Hbond substituents is 1. The van der Waals surface area contributed by atoms with Gasteiger partial charge in [-0.25, -0.2) is 0 Å². The minimum atomic E-state index is -0.581. The standard InChI is InChI=1S/C21H16BrN3O5/c1-30-19-11-18(25(28)29)10-14(20(19)26)12-23-16-6-8-17(9-7-16)24-21(27)13-2-4-15(22)5-3-13/h2-12,26H,1H3,(H,24,27). The van der Waals surface area contributed by atoms with E-state index in [4.69, 9.17) is 4.74 Å². The first-order valence-corrected chi connectivity index (χ1v) is 9.43. The van der Waals surface area contributed by atoms with Crippen LogP contribution in [0.3, 0.4) is 0 Å². The number of carbonyl (C=O) groups is 1. The zero-order chi connectivity index (χ0) is 21.7. The van der Waals surface area contributed by atoms with Crippen molar-refractivity contribution in [3.63, 3.8) is 0 Å². The van der Waals surface area contributed by atoms with E-state index in [2.05, 4.69) is 26.2 Å². The molecule has 0 unspecified atom stereocenters. The molecule has 0 aliphatic rings. The van der Waals surface area contributed by atoms with Gasteiger partial charge in [-0.1, -0.05) is 15.9 Å². The molecule has 9 heteroatoms. The number of amides is 1. The monoisotopic (exact) mass is 469 g/mol. The van der Waals surface area contributed by atoms with E-state index < -0.39 is 4.92 Å². The number of carbonyl (C=O) groups excluding carboxylic acids is 1. The fraction of sp³-hybridized carbons (Fsp3) is 0.0476. The van der Waals surface area contributed by atoms with Crippen molar-refractivity contribution in [1.82, 2.24) is 0 Å². The summed E-state index contributed by atoms with van der Waals surface area (Å²) in [4.78, 5) is 26.9. The number of rotatable bonds is 6. The number of nitro groups is 1. The minimum absolute atomic E-state index is 0.0170. The van der Waals surface area contributed by atoms with Crippen LogP contribution in [0.4, 0.5) is 17.1 Å². The third-order valence-corrected chi connectivity index (χ3v) is 4.63. The lowest BCUT2D eigenvalue weighted by molar-refractivity contribution is -0.385. The number of nitrogens with zero attached hydrogens (tertiary/aromatic N) is 2. The molecule has 3 aromatic carbocycles. The lowest BCUT2D eigenvalue weighted by Crippen LogP contribution is -2.11. The molecule has 3 rings (SSSR count). The van der Waals surface area contributed by atoms with Crippen LogP contribution >= 0.6 is 15.9 Å². The number of phenols is 1. The number of aliphatic imine (C=N–C) groups is 1. The Labute approximate surface area is 180 Å². The first-order valence-electron chi connectivity index (χ1n) is 8.64. The van der Waals surface area contributed by atoms with Gasteiger partial charge in [0.1, 0.15) is 0 Å². The number of halogens is 1. The number of nitrogens with one attached hydrogen (secondary N) is 1. The predicted octanol–water partition coefficient (Wildman–Crippen LogP) is 5.07. The summed E-state index contributed by atoms with van der Waals surface area (Å²) in [5.74, 6) is -0.505. The second-order valence-electron chi connectivity index (χ2n) is 6.11. The Morgan fingerprint density at radius 3 is 2.43 bits per heavy atom. The summed E-state index contributed by atoms with van der Waals surface area (Å²) < 4.78 is 5.85. The third-order valence-electron chi connectivity index (χ3n) is 4.10. The molecule has 0 saturated heterocycles. The van der Waals surface area contributed by atoms with Gasteiger partial charge in [-0.3, -0.25) is 19.9 Å². The van der Waals surface area contributed by atoms with Crippen LogP contribution in [0.2, 0.25) is 0 Å². The molecular formula is C21H16BrN3O5. The van der Waals surface area contributed by atoms with Crippen LogP contribution in [0.15, 0.2) is 70.1 Å². The average Bonchev–Trinajstić information content (AvgIpc) is 2.74. The minimum Gasteiger partial charge on any atom is -0.504 e. The molecule has 0 aliphatic heterocycles. The summed E-state index contributed by atoms with van der Waals surface area (Å²) in [7, 11) is 1.31. The quantitative estimate of drug-likeness (QED) is 0.297. The van der Waals surface area contributed by atoms with Gasteiger partial charge in [-0.05, 0) is 48.5 Å². The van der Waals surface area contributed by atoms with Crippen molar-refractivity contribution in [2.24, 2.45) is 4.99 Å². The van der Waals surface area contributed by atoms with Gasteiger partial charge in [0, 0.05) is 33.6 Å². The van der Waals surface area contributed by atoms with Crippen LogP contribution in [0.25, 0.3) is 0 Å². The highest BCUT2D eigenvalue weighted by Crippen LogP contribution is 2.33. The summed E-state index contributed by atoms with van der Waals surface area (Å²) >= 11 is 3.32. The number of anilines is 1. The first-order chi connectivity index (χ1) is 14.4. The van der Waals surface area contributed by atoms with Gasteiger partial charge in [0.2, 0.25) is 0 Å². The number of benzene rings is 3. The van der Waals surface area contributed by atoms with Crippen molar-refractivity contribution >= 4 is 45.1 Å². The Kier molecular flexibility index (Phi) is 6.43. The lowest BCUT2D eigenvalue weighted by atomic mass is 10.1. The van der Waals surface area contributed by atoms with E-state index in [1.807, 2.05) is 0 Å². The summed E-state index contributed by atoms with van der Waals surface area (Å²) in [5.41, 5.74) is 1.56. The van der Waals surface area contributed by atoms with E-state index >= 15 is 0 Å². The Bertz CT molecular complexity index is 1110. The highest BCUT2D eigenvalue weighted by atomic mass is 79.9. The van der Waals surface area contributed by atoms with Gasteiger partial charge in [0.15, 0.2) is 11.5 Å². The Morgan fingerprint density at radius 1 is 1.17 bits per heavy atom. The smallest absolute Gasteiger partial charge is 0.274 e. The van der Waals surface area contributed by atoms with Crippen molar-refractivity contribution in [2.75, 3.05) is 12.4 Å². The SMILES string of the molecule is COc1cc([N+](=O)[O-])cc(C=Nc2ccc(NC(=O)c3ccc(Br)cc3)cc2)c1O. The van der Waals surface area contributed by atoms with Crippen LogP contribution in [0, 0.1) is 10.1 Å². The molecule has 2 N–H and O–H groups in total. The normalized spacial score (nSPS) is 10.7. The number of hydrogen-bond donors (Lipinski definition) is 2. The van der Waals surface area contributed by atoms with Crippen molar-refractivity contribution in [1.29, 1.82) is 0 Å². The van der Waals surface area contributed by atoms with Crippen LogP contribution in [-0.4, -0.2) is 29.3 Å². The molecule has 0 radical (unpaired) electrons. The summed E-state index contributed by atoms with van der Waals surface area (Å²) in [5, 5.41) is 24.0. The lowest BCUT2D eigenvalue weighted by Gasteiger charge is -2.07. The third kappa shape index (κ3) is 5.00. The van der Waals surface area contributed by atoms with Crippen molar-refractivity contribution in [2.45, 2.75) is 0 Å². The number of hydrogen-bond acceptors (Lipinski definition) is 6. The second kappa shape index (κ2) is 9.19. The topological polar surface area (TPSA) is 114 Å². The Hall–Kier alpha value is -3.72. The van der Waals surface area contributed by atoms with Gasteiger partial charge < -0.3 is 15.2 Å². The first kappa shape index (κ1) is 21.0. The van der Waals surface area contributed by atoms with Crippen LogP contribution in [-0.2, 0) is 0 Å². The number of methoxy groups -OCH3 is 1. The molecular weight excluding hydrogens is 454 g/mol. The van der Waals surface area contributed by atoms with E-state index in [1.54, 1.807) is 48.5 Å². The maximum Gasteiger partial charge on any atom is 0.274 e. The molecule has 0 bridgehead atoms. The van der Waals surface area contributed by atoms with Crippen molar-refractivity contribution in [3.05, 3.63) is 86.4 Å². The molecule has 1 amide bonds. The van der Waals surface area contributed by atoms with E-state index in [9.17, 15) is 20.0 Å². The summed E-state index contributed by atoms with van der Waals surface area (Å²) in [6.07, 6.45) is 1.31. The maximum atomic E-state index is 12.3. The highest BCUT2D eigenvalue weighted by Gasteiger charge is 2.15. The van der Waals surface area contributed by atoms with E-state index in [1.165, 1.54) is 19.4 Å². The van der Waals surface area contributed by atoms with E-state index in [0.717, 1.165) is 10.5 Å². The van der Waals surface area contributed by atoms with Gasteiger partial charge in [-0.2, -0.15) is 0 Å². The maximum absolute atomic E-state index is 12.3. The van der Waals surface area contributed by atoms with Gasteiger partial charge in [0.25, 0.3) is 11.6 Å². The van der Waals surface area contributed by atoms with Gasteiger partial charge in [-0.15, -0.1) is 0 Å². The van der Waals surface area contributed by atoms with Gasteiger partial charge in [0.05, 0.1) is 23.8 Å². The largest absolute Gasteiger partial charge is 0.504 e. The molecule has 0 heterocycles. The number of nitro benzene ring substituents is 1. The molecule has 0 aromatic heterocycles. The van der Waals surface area contributed by atoms with Crippen molar-refractivity contribution in [3.8, 4) is 11.5 Å². The number of aromatic hydroxyl groups is 1. The molecule has 152 valence electrons. The average molecular weight is 470 g/mol. The molecule has 8 nitrogen and oxygen atoms in total. The number of ether oxygens (including phenoxy) is 1. The predicted molar refractivity (Wildman–Crippen MR) is 117 cm³/mol. The molecule has 0 spiro atoms. The second-order valence-corrected chi connectivity index (χ2v) is 7.02. The summed E-state index contributed by atoms with van der Waals surface area (Å²) in [6, 6.07) is 16.0.